The van der Waals surface area contributed by atoms with Gasteiger partial charge in [0, 0.05) is 13.2 Å². The molecule has 0 radical (unpaired) electrons. The third kappa shape index (κ3) is 2.31. The summed E-state index contributed by atoms with van der Waals surface area (Å²) in [6.07, 6.45) is 2.20. The lowest BCUT2D eigenvalue weighted by atomic mass is 10.0. The molecule has 1 amide bonds. The molecule has 0 bridgehead atoms. The number of aromatic nitrogens is 1. The number of carboxylic acids is 1. The van der Waals surface area contributed by atoms with E-state index in [1.165, 1.54) is 0 Å². The van der Waals surface area contributed by atoms with Gasteiger partial charge in [0.25, 0.3) is 5.91 Å². The number of carbonyl (C=O) groups is 2. The lowest BCUT2D eigenvalue weighted by molar-refractivity contribution is -0.138. The Bertz CT molecular complexity index is 705. The summed E-state index contributed by atoms with van der Waals surface area (Å²) in [4.78, 5) is 23.7. The number of hydrogen-bond donors (Lipinski definition) is 2. The van der Waals surface area contributed by atoms with Crippen molar-refractivity contribution in [2.24, 2.45) is 7.05 Å². The normalized spacial score (nSPS) is 20.0. The molecule has 1 aliphatic carbocycles. The van der Waals surface area contributed by atoms with Crippen LogP contribution < -0.4 is 5.32 Å². The predicted molar refractivity (Wildman–Crippen MR) is 77.1 cm³/mol. The highest BCUT2D eigenvalue weighted by atomic mass is 16.4. The number of fused-ring (bicyclic) bond motifs is 1. The van der Waals surface area contributed by atoms with Crippen molar-refractivity contribution in [2.45, 2.75) is 18.4 Å². The fourth-order valence-corrected chi connectivity index (χ4v) is 2.93. The lowest BCUT2D eigenvalue weighted by Crippen LogP contribution is -2.29. The maximum Gasteiger partial charge on any atom is 0.311 e. The Morgan fingerprint density at radius 3 is 2.52 bits per heavy atom. The van der Waals surface area contributed by atoms with Crippen molar-refractivity contribution < 1.29 is 14.7 Å². The highest BCUT2D eigenvalue weighted by molar-refractivity contribution is 5.93. The second-order valence-corrected chi connectivity index (χ2v) is 5.29. The van der Waals surface area contributed by atoms with Crippen LogP contribution in [0.3, 0.4) is 0 Å². The van der Waals surface area contributed by atoms with Crippen molar-refractivity contribution in [3.05, 3.63) is 59.4 Å². The minimum atomic E-state index is -0.849. The zero-order valence-electron chi connectivity index (χ0n) is 11.6. The summed E-state index contributed by atoms with van der Waals surface area (Å²) >= 11 is 0. The number of nitrogens with one attached hydrogen (secondary N) is 1. The van der Waals surface area contributed by atoms with E-state index in [0.29, 0.717) is 12.1 Å². The Kier molecular flexibility index (Phi) is 3.25. The summed E-state index contributed by atoms with van der Waals surface area (Å²) in [5.74, 6) is -1.59. The van der Waals surface area contributed by atoms with Crippen LogP contribution in [-0.4, -0.2) is 21.6 Å². The first-order chi connectivity index (χ1) is 10.1. The molecule has 0 saturated heterocycles. The van der Waals surface area contributed by atoms with Crippen molar-refractivity contribution >= 4 is 11.9 Å². The summed E-state index contributed by atoms with van der Waals surface area (Å²) in [5.41, 5.74) is 2.25. The molecule has 1 aliphatic rings. The van der Waals surface area contributed by atoms with Crippen LogP contribution in [-0.2, 0) is 11.8 Å². The minimum Gasteiger partial charge on any atom is -0.481 e. The van der Waals surface area contributed by atoms with Crippen molar-refractivity contribution in [1.82, 2.24) is 9.88 Å². The first kappa shape index (κ1) is 13.4. The number of aryl methyl sites for hydroxylation is 1. The Labute approximate surface area is 122 Å². The average molecular weight is 284 g/mol. The molecule has 2 aromatic rings. The van der Waals surface area contributed by atoms with Crippen LogP contribution in [0.15, 0.2) is 42.6 Å². The van der Waals surface area contributed by atoms with E-state index in [2.05, 4.69) is 5.32 Å². The fourth-order valence-electron chi connectivity index (χ4n) is 2.93. The minimum absolute atomic E-state index is 0.187. The van der Waals surface area contributed by atoms with Crippen LogP contribution in [0.5, 0.6) is 0 Å². The third-order valence-corrected chi connectivity index (χ3v) is 4.00. The fraction of sp³-hybridized carbons (Fsp3) is 0.250. The maximum atomic E-state index is 12.3. The zero-order chi connectivity index (χ0) is 15.0. The Morgan fingerprint density at radius 2 is 1.90 bits per heavy atom. The first-order valence-electron chi connectivity index (χ1n) is 6.81. The van der Waals surface area contributed by atoms with Crippen LogP contribution >= 0.6 is 0 Å². The van der Waals surface area contributed by atoms with Gasteiger partial charge in [0.05, 0.1) is 12.0 Å². The molecule has 1 aromatic carbocycles. The maximum absolute atomic E-state index is 12.3. The summed E-state index contributed by atoms with van der Waals surface area (Å²) in [5, 5.41) is 12.3. The van der Waals surface area contributed by atoms with E-state index >= 15 is 0 Å². The van der Waals surface area contributed by atoms with Crippen LogP contribution in [0, 0.1) is 0 Å². The van der Waals surface area contributed by atoms with Gasteiger partial charge in [0.1, 0.15) is 5.69 Å². The van der Waals surface area contributed by atoms with Gasteiger partial charge in [-0.05, 0) is 29.7 Å². The van der Waals surface area contributed by atoms with Gasteiger partial charge >= 0.3 is 5.97 Å². The molecule has 2 atom stereocenters. The van der Waals surface area contributed by atoms with E-state index in [1.807, 2.05) is 24.3 Å². The molecule has 21 heavy (non-hydrogen) atoms. The van der Waals surface area contributed by atoms with Gasteiger partial charge in [-0.15, -0.1) is 0 Å². The molecule has 0 spiro atoms. The Hall–Kier alpha value is -2.56. The quantitative estimate of drug-likeness (QED) is 0.906. The average Bonchev–Trinajstić information content (AvgIpc) is 3.03. The van der Waals surface area contributed by atoms with Crippen molar-refractivity contribution in [2.75, 3.05) is 0 Å². The van der Waals surface area contributed by atoms with Gasteiger partial charge < -0.3 is 15.0 Å². The molecule has 0 aliphatic heterocycles. The van der Waals surface area contributed by atoms with Crippen molar-refractivity contribution in [3.63, 3.8) is 0 Å². The summed E-state index contributed by atoms with van der Waals surface area (Å²) in [7, 11) is 1.80. The molecular weight excluding hydrogens is 268 g/mol. The topological polar surface area (TPSA) is 71.3 Å². The van der Waals surface area contributed by atoms with E-state index < -0.39 is 11.9 Å². The highest BCUT2D eigenvalue weighted by Crippen LogP contribution is 2.40. The molecule has 0 unspecified atom stereocenters. The number of carboxylic acid groups (broad SMARTS) is 1. The van der Waals surface area contributed by atoms with E-state index in [4.69, 9.17) is 0 Å². The SMILES string of the molecule is Cn1cccc1C(=O)N[C@@H]1C[C@H](C(=O)O)c2ccccc21. The van der Waals surface area contributed by atoms with E-state index in [1.54, 1.807) is 29.9 Å². The van der Waals surface area contributed by atoms with Crippen molar-refractivity contribution in [1.29, 1.82) is 0 Å². The number of aliphatic carboxylic acids is 1. The molecular formula is C16H16N2O3. The number of amides is 1. The van der Waals surface area contributed by atoms with E-state index in [0.717, 1.165) is 11.1 Å². The zero-order valence-corrected chi connectivity index (χ0v) is 11.6. The molecule has 1 aromatic heterocycles. The molecule has 0 fully saturated rings. The number of hydrogen-bond acceptors (Lipinski definition) is 2. The summed E-state index contributed by atoms with van der Waals surface area (Å²) < 4.78 is 1.74. The number of rotatable bonds is 3. The standard InChI is InChI=1S/C16H16N2O3/c1-18-8-4-7-14(18)15(19)17-13-9-12(16(20)21)10-5-2-3-6-11(10)13/h2-8,12-13H,9H2,1H3,(H,17,19)(H,20,21)/t12-,13+/m0/s1. The lowest BCUT2D eigenvalue weighted by Gasteiger charge is -2.14. The molecule has 1 heterocycles. The van der Waals surface area contributed by atoms with E-state index in [9.17, 15) is 14.7 Å². The van der Waals surface area contributed by atoms with Crippen molar-refractivity contribution in [3.8, 4) is 0 Å². The molecule has 0 saturated carbocycles. The number of nitrogens with zero attached hydrogens (tertiary/aromatic N) is 1. The third-order valence-electron chi connectivity index (χ3n) is 4.00. The first-order valence-corrected chi connectivity index (χ1v) is 6.81. The van der Waals surface area contributed by atoms with Gasteiger partial charge in [-0.1, -0.05) is 24.3 Å². The summed E-state index contributed by atoms with van der Waals surface area (Å²) in [6.45, 7) is 0. The number of benzene rings is 1. The molecule has 108 valence electrons. The predicted octanol–water partition coefficient (Wildman–Crippen LogP) is 2.07. The van der Waals surface area contributed by atoms with Crippen LogP contribution in [0.25, 0.3) is 0 Å². The summed E-state index contributed by atoms with van der Waals surface area (Å²) in [6, 6.07) is 10.7. The van der Waals surface area contributed by atoms with Crippen LogP contribution in [0.1, 0.15) is 40.0 Å². The highest BCUT2D eigenvalue weighted by Gasteiger charge is 2.36. The van der Waals surface area contributed by atoms with Gasteiger partial charge in [0.15, 0.2) is 0 Å². The van der Waals surface area contributed by atoms with Crippen LogP contribution in [0.2, 0.25) is 0 Å². The largest absolute Gasteiger partial charge is 0.481 e. The van der Waals surface area contributed by atoms with Gasteiger partial charge in [0.2, 0.25) is 0 Å². The Balaban J connectivity index is 1.86. The van der Waals surface area contributed by atoms with E-state index in [-0.39, 0.29) is 11.9 Å². The molecule has 5 nitrogen and oxygen atoms in total. The van der Waals surface area contributed by atoms with Gasteiger partial charge in [-0.25, -0.2) is 0 Å². The smallest absolute Gasteiger partial charge is 0.311 e. The van der Waals surface area contributed by atoms with Gasteiger partial charge in [-0.2, -0.15) is 0 Å². The monoisotopic (exact) mass is 284 g/mol. The molecule has 2 N–H and O–H groups in total. The second kappa shape index (κ2) is 5.09. The van der Waals surface area contributed by atoms with Gasteiger partial charge in [-0.3, -0.25) is 9.59 Å². The second-order valence-electron chi connectivity index (χ2n) is 5.29. The van der Waals surface area contributed by atoms with Crippen LogP contribution in [0.4, 0.5) is 0 Å². The Morgan fingerprint density at radius 1 is 1.19 bits per heavy atom. The molecule has 3 rings (SSSR count). The number of carbonyl (C=O) groups excluding carboxylic acids is 1. The molecule has 5 heteroatoms.